The van der Waals surface area contributed by atoms with E-state index < -0.39 is 0 Å². The first-order chi connectivity index (χ1) is 3.71. The largest absolute Gasteiger partial charge is 0.103 e. The fourth-order valence-electron chi connectivity index (χ4n) is 0.879. The van der Waals surface area contributed by atoms with Gasteiger partial charge >= 0.3 is 0 Å². The van der Waals surface area contributed by atoms with Gasteiger partial charge in [-0.15, -0.1) is 11.8 Å². The van der Waals surface area contributed by atoms with E-state index in [0.29, 0.717) is 5.41 Å². The van der Waals surface area contributed by atoms with E-state index in [1.54, 1.807) is 0 Å². The Balaban J connectivity index is 2.56. The van der Waals surface area contributed by atoms with E-state index in [4.69, 9.17) is 0 Å². The molecule has 0 saturated carbocycles. The molecule has 0 saturated heterocycles. The Labute approximate surface area is 51.3 Å². The zero-order chi connectivity index (χ0) is 6.04. The molecule has 0 atom stereocenters. The van der Waals surface area contributed by atoms with E-state index in [0.717, 1.165) is 12.8 Å². The van der Waals surface area contributed by atoms with Gasteiger partial charge in [0.25, 0.3) is 0 Å². The zero-order valence-corrected chi connectivity index (χ0v) is 5.62. The highest BCUT2D eigenvalue weighted by Gasteiger charge is 2.16. The second-order valence-corrected chi connectivity index (χ2v) is 3.19. The maximum absolute atomic E-state index is 3.12. The van der Waals surface area contributed by atoms with Crippen molar-refractivity contribution in [1.82, 2.24) is 0 Å². The van der Waals surface area contributed by atoms with Crippen molar-refractivity contribution < 1.29 is 0 Å². The van der Waals surface area contributed by atoms with Crippen LogP contribution in [0, 0.1) is 17.3 Å². The van der Waals surface area contributed by atoms with Gasteiger partial charge < -0.3 is 0 Å². The second-order valence-electron chi connectivity index (χ2n) is 3.19. The molecule has 0 fully saturated rings. The summed E-state index contributed by atoms with van der Waals surface area (Å²) in [7, 11) is 0. The summed E-state index contributed by atoms with van der Waals surface area (Å²) >= 11 is 0. The molecule has 0 heteroatoms. The molecule has 0 amide bonds. The van der Waals surface area contributed by atoms with Gasteiger partial charge in [0.1, 0.15) is 0 Å². The third-order valence-electron chi connectivity index (χ3n) is 1.62. The molecule has 0 aromatic carbocycles. The summed E-state index contributed by atoms with van der Waals surface area (Å²) in [4.78, 5) is 0. The molecule has 8 heavy (non-hydrogen) atoms. The fourth-order valence-corrected chi connectivity index (χ4v) is 0.879. The molecule has 1 aliphatic rings. The summed E-state index contributed by atoms with van der Waals surface area (Å²) in [6.07, 6.45) is 3.47. The highest BCUT2D eigenvalue weighted by atomic mass is 14.2. The number of rotatable bonds is 0. The van der Waals surface area contributed by atoms with E-state index in [9.17, 15) is 0 Å². The van der Waals surface area contributed by atoms with Gasteiger partial charge in [-0.3, -0.25) is 0 Å². The molecular weight excluding hydrogens is 96.1 g/mol. The van der Waals surface area contributed by atoms with Crippen LogP contribution in [-0.2, 0) is 0 Å². The van der Waals surface area contributed by atoms with Gasteiger partial charge in [0.05, 0.1) is 0 Å². The molecule has 0 aromatic rings. The highest BCUT2D eigenvalue weighted by molar-refractivity contribution is 5.06. The summed E-state index contributed by atoms with van der Waals surface area (Å²) in [6.45, 7) is 4.56. The lowest BCUT2D eigenvalue weighted by Crippen LogP contribution is -2.11. The van der Waals surface area contributed by atoms with Gasteiger partial charge in [-0.2, -0.15) is 0 Å². The average molecular weight is 108 g/mol. The minimum absolute atomic E-state index is 0.505. The standard InChI is InChI=1S/C8H12/c1-8(2)6-4-3-5-7-8/h4,6-7H2,1-2H3. The molecule has 0 spiro atoms. The quantitative estimate of drug-likeness (QED) is 0.417. The summed E-state index contributed by atoms with van der Waals surface area (Å²) in [6, 6.07) is 0. The second kappa shape index (κ2) is 1.82. The van der Waals surface area contributed by atoms with Crippen LogP contribution in [0.2, 0.25) is 0 Å². The van der Waals surface area contributed by atoms with Crippen molar-refractivity contribution in [3.8, 4) is 11.8 Å². The van der Waals surface area contributed by atoms with Gasteiger partial charge in [-0.05, 0) is 11.8 Å². The fraction of sp³-hybridized carbons (Fsp3) is 0.750. The number of hydrogen-bond donors (Lipinski definition) is 0. The molecule has 0 unspecified atom stereocenters. The Morgan fingerprint density at radius 2 is 2.00 bits per heavy atom. The molecule has 1 rings (SSSR count). The van der Waals surface area contributed by atoms with Crippen LogP contribution in [0.3, 0.4) is 0 Å². The molecule has 0 aliphatic heterocycles. The smallest absolute Gasteiger partial charge is 0.0140 e. The van der Waals surface area contributed by atoms with Crippen LogP contribution < -0.4 is 0 Å². The summed E-state index contributed by atoms with van der Waals surface area (Å²) in [5.41, 5.74) is 0.505. The third kappa shape index (κ3) is 1.26. The van der Waals surface area contributed by atoms with Crippen molar-refractivity contribution in [3.63, 3.8) is 0 Å². The van der Waals surface area contributed by atoms with Crippen LogP contribution in [0.15, 0.2) is 0 Å². The maximum atomic E-state index is 3.12. The molecule has 1 aliphatic carbocycles. The lowest BCUT2D eigenvalue weighted by molar-refractivity contribution is 0.343. The van der Waals surface area contributed by atoms with Crippen molar-refractivity contribution in [2.45, 2.75) is 33.1 Å². The summed E-state index contributed by atoms with van der Waals surface area (Å²) < 4.78 is 0. The third-order valence-corrected chi connectivity index (χ3v) is 1.62. The monoisotopic (exact) mass is 108 g/mol. The van der Waals surface area contributed by atoms with E-state index in [2.05, 4.69) is 25.7 Å². The van der Waals surface area contributed by atoms with Crippen molar-refractivity contribution in [3.05, 3.63) is 0 Å². The molecule has 0 aromatic heterocycles. The van der Waals surface area contributed by atoms with Gasteiger partial charge in [0.2, 0.25) is 0 Å². The predicted molar refractivity (Wildman–Crippen MR) is 35.4 cm³/mol. The van der Waals surface area contributed by atoms with Crippen molar-refractivity contribution in [2.75, 3.05) is 0 Å². The lowest BCUT2D eigenvalue weighted by atomic mass is 9.82. The van der Waals surface area contributed by atoms with Crippen LogP contribution in [0.25, 0.3) is 0 Å². The van der Waals surface area contributed by atoms with Crippen LogP contribution in [0.4, 0.5) is 0 Å². The average Bonchev–Trinajstić information content (AvgIpc) is 1.65. The van der Waals surface area contributed by atoms with E-state index in [1.165, 1.54) is 6.42 Å². The van der Waals surface area contributed by atoms with Gasteiger partial charge in [0.15, 0.2) is 0 Å². The first-order valence-corrected chi connectivity index (χ1v) is 3.16. The Bertz CT molecular complexity index is 132. The molecule has 0 radical (unpaired) electrons. The molecule has 0 heterocycles. The first-order valence-electron chi connectivity index (χ1n) is 3.16. The van der Waals surface area contributed by atoms with E-state index >= 15 is 0 Å². The van der Waals surface area contributed by atoms with Crippen LogP contribution >= 0.6 is 0 Å². The van der Waals surface area contributed by atoms with Crippen molar-refractivity contribution in [1.29, 1.82) is 0 Å². The van der Waals surface area contributed by atoms with Crippen molar-refractivity contribution >= 4 is 0 Å². The molecule has 44 valence electrons. The van der Waals surface area contributed by atoms with Gasteiger partial charge in [-0.1, -0.05) is 13.8 Å². The summed E-state index contributed by atoms with van der Waals surface area (Å²) in [5, 5.41) is 0. The number of hydrogen-bond acceptors (Lipinski definition) is 0. The first kappa shape index (κ1) is 5.69. The van der Waals surface area contributed by atoms with Crippen molar-refractivity contribution in [2.24, 2.45) is 5.41 Å². The Morgan fingerprint density at radius 1 is 1.25 bits per heavy atom. The zero-order valence-electron chi connectivity index (χ0n) is 5.62. The molecular formula is C8H12. The Morgan fingerprint density at radius 3 is 2.25 bits per heavy atom. The van der Waals surface area contributed by atoms with Gasteiger partial charge in [-0.25, -0.2) is 0 Å². The molecule has 0 bridgehead atoms. The summed E-state index contributed by atoms with van der Waals surface area (Å²) in [5.74, 6) is 6.22. The maximum Gasteiger partial charge on any atom is 0.0140 e. The van der Waals surface area contributed by atoms with Crippen LogP contribution in [0.1, 0.15) is 33.1 Å². The minimum atomic E-state index is 0.505. The molecule has 0 nitrogen and oxygen atoms in total. The van der Waals surface area contributed by atoms with E-state index in [1.807, 2.05) is 0 Å². The Kier molecular flexibility index (Phi) is 1.29. The highest BCUT2D eigenvalue weighted by Crippen LogP contribution is 2.27. The lowest BCUT2D eigenvalue weighted by Gasteiger charge is -2.22. The van der Waals surface area contributed by atoms with Crippen LogP contribution in [-0.4, -0.2) is 0 Å². The predicted octanol–water partition coefficient (Wildman–Crippen LogP) is 2.20. The SMILES string of the molecule is CC1(C)CC#CCC1. The Hall–Kier alpha value is -0.440. The normalized spacial score (nSPS) is 23.8. The topological polar surface area (TPSA) is 0 Å². The molecule has 0 N–H and O–H groups in total. The minimum Gasteiger partial charge on any atom is -0.103 e. The van der Waals surface area contributed by atoms with Crippen LogP contribution in [0.5, 0.6) is 0 Å². The van der Waals surface area contributed by atoms with E-state index in [-0.39, 0.29) is 0 Å². The van der Waals surface area contributed by atoms with Gasteiger partial charge in [0, 0.05) is 12.8 Å².